The van der Waals surface area contributed by atoms with Crippen molar-refractivity contribution in [2.45, 2.75) is 11.6 Å². The highest BCUT2D eigenvalue weighted by molar-refractivity contribution is 7.99. The molecule has 98 valence electrons. The van der Waals surface area contributed by atoms with Gasteiger partial charge in [-0.05, 0) is 18.2 Å². The first kappa shape index (κ1) is 12.0. The van der Waals surface area contributed by atoms with Crippen LogP contribution in [0, 0.1) is 0 Å². The molecule has 0 amide bonds. The number of benzene rings is 1. The first-order valence-electron chi connectivity index (χ1n) is 5.93. The van der Waals surface area contributed by atoms with Crippen molar-refractivity contribution in [3.63, 3.8) is 0 Å². The Labute approximate surface area is 114 Å². The van der Waals surface area contributed by atoms with Crippen molar-refractivity contribution < 1.29 is 0 Å². The van der Waals surface area contributed by atoms with Crippen molar-refractivity contribution in [1.82, 2.24) is 24.7 Å². The van der Waals surface area contributed by atoms with Gasteiger partial charge in [-0.25, -0.2) is 14.6 Å². The van der Waals surface area contributed by atoms with Crippen LogP contribution in [0.5, 0.6) is 0 Å². The van der Waals surface area contributed by atoms with E-state index in [0.717, 1.165) is 39.9 Å². The molecule has 0 unspecified atom stereocenters. The summed E-state index contributed by atoms with van der Waals surface area (Å²) < 4.78 is 1.77. The molecule has 0 saturated carbocycles. The van der Waals surface area contributed by atoms with Gasteiger partial charge in [-0.3, -0.25) is 0 Å². The van der Waals surface area contributed by atoms with E-state index in [2.05, 4.69) is 20.1 Å². The van der Waals surface area contributed by atoms with Crippen LogP contribution in [0.15, 0.2) is 29.7 Å². The fraction of sp³-hybridized carbons (Fsp3) is 0.250. The van der Waals surface area contributed by atoms with Crippen LogP contribution in [-0.4, -0.2) is 30.5 Å². The minimum Gasteiger partial charge on any atom is -0.399 e. The van der Waals surface area contributed by atoms with Crippen LogP contribution >= 0.6 is 11.8 Å². The molecule has 0 spiro atoms. The Hall–Kier alpha value is -2.02. The van der Waals surface area contributed by atoms with Crippen LogP contribution < -0.4 is 5.73 Å². The Morgan fingerprint density at radius 1 is 1.42 bits per heavy atom. The average molecular weight is 274 g/mol. The number of aromatic amines is 1. The fourth-order valence-corrected chi connectivity index (χ4v) is 2.69. The second kappa shape index (κ2) is 4.93. The molecule has 7 heteroatoms. The Morgan fingerprint density at radius 2 is 2.32 bits per heavy atom. The second-order valence-electron chi connectivity index (χ2n) is 4.22. The zero-order chi connectivity index (χ0) is 13.2. The zero-order valence-electron chi connectivity index (χ0n) is 10.5. The summed E-state index contributed by atoms with van der Waals surface area (Å²) in [6, 6.07) is 5.70. The van der Waals surface area contributed by atoms with Crippen LogP contribution in [0.25, 0.3) is 11.0 Å². The first-order chi connectivity index (χ1) is 9.22. The van der Waals surface area contributed by atoms with Crippen molar-refractivity contribution in [2.24, 2.45) is 7.05 Å². The van der Waals surface area contributed by atoms with Gasteiger partial charge >= 0.3 is 0 Å². The Kier molecular flexibility index (Phi) is 3.12. The van der Waals surface area contributed by atoms with E-state index in [-0.39, 0.29) is 0 Å². The minimum atomic E-state index is 0.746. The predicted molar refractivity (Wildman–Crippen MR) is 75.9 cm³/mol. The van der Waals surface area contributed by atoms with E-state index < -0.39 is 0 Å². The van der Waals surface area contributed by atoms with Crippen LogP contribution in [0.3, 0.4) is 0 Å². The monoisotopic (exact) mass is 274 g/mol. The van der Waals surface area contributed by atoms with Crippen molar-refractivity contribution in [3.8, 4) is 0 Å². The van der Waals surface area contributed by atoms with Gasteiger partial charge in [-0.15, -0.1) is 0 Å². The van der Waals surface area contributed by atoms with Crippen molar-refractivity contribution in [2.75, 3.05) is 11.5 Å². The smallest absolute Gasteiger partial charge is 0.185 e. The van der Waals surface area contributed by atoms with Gasteiger partial charge in [0.15, 0.2) is 5.16 Å². The highest BCUT2D eigenvalue weighted by Gasteiger charge is 2.05. The molecule has 6 nitrogen and oxygen atoms in total. The molecule has 0 atom stereocenters. The van der Waals surface area contributed by atoms with Crippen LogP contribution in [-0.2, 0) is 13.5 Å². The highest BCUT2D eigenvalue weighted by atomic mass is 32.2. The van der Waals surface area contributed by atoms with Crippen molar-refractivity contribution in [1.29, 1.82) is 0 Å². The first-order valence-corrected chi connectivity index (χ1v) is 6.92. The molecule has 3 rings (SSSR count). The van der Waals surface area contributed by atoms with Gasteiger partial charge in [0, 0.05) is 24.9 Å². The molecule has 3 aromatic rings. The molecule has 0 saturated heterocycles. The summed E-state index contributed by atoms with van der Waals surface area (Å²) in [5.74, 6) is 1.87. The van der Waals surface area contributed by atoms with Gasteiger partial charge in [-0.2, -0.15) is 5.10 Å². The number of H-pyrrole nitrogens is 1. The van der Waals surface area contributed by atoms with Gasteiger partial charge in [0.1, 0.15) is 12.2 Å². The third-order valence-corrected chi connectivity index (χ3v) is 3.83. The molecular formula is C12H14N6S. The molecule has 2 aromatic heterocycles. The molecule has 2 heterocycles. The molecule has 0 aliphatic heterocycles. The summed E-state index contributed by atoms with van der Waals surface area (Å²) in [5, 5.41) is 4.95. The number of nitrogens with zero attached hydrogens (tertiary/aromatic N) is 4. The molecule has 0 aliphatic carbocycles. The maximum absolute atomic E-state index is 5.74. The molecule has 0 radical (unpaired) electrons. The van der Waals surface area contributed by atoms with E-state index in [4.69, 9.17) is 5.73 Å². The highest BCUT2D eigenvalue weighted by Crippen LogP contribution is 2.18. The number of aromatic nitrogens is 5. The summed E-state index contributed by atoms with van der Waals surface area (Å²) in [6.07, 6.45) is 2.42. The number of fused-ring (bicyclic) bond motifs is 1. The summed E-state index contributed by atoms with van der Waals surface area (Å²) in [6.45, 7) is 0. The number of hydrogen-bond donors (Lipinski definition) is 2. The molecule has 0 bridgehead atoms. The number of aryl methyl sites for hydroxylation is 2. The van der Waals surface area contributed by atoms with Crippen molar-refractivity contribution in [3.05, 3.63) is 30.4 Å². The maximum Gasteiger partial charge on any atom is 0.185 e. The number of anilines is 1. The van der Waals surface area contributed by atoms with Crippen LogP contribution in [0.2, 0.25) is 0 Å². The lowest BCUT2D eigenvalue weighted by atomic mass is 10.3. The lowest BCUT2D eigenvalue weighted by Crippen LogP contribution is -1.96. The van der Waals surface area contributed by atoms with Gasteiger partial charge in [0.05, 0.1) is 11.0 Å². The molecule has 3 N–H and O–H groups in total. The van der Waals surface area contributed by atoms with Crippen molar-refractivity contribution >= 4 is 28.5 Å². The molecule has 0 fully saturated rings. The summed E-state index contributed by atoms with van der Waals surface area (Å²) in [7, 11) is 1.89. The Morgan fingerprint density at radius 3 is 3.11 bits per heavy atom. The van der Waals surface area contributed by atoms with E-state index in [1.165, 1.54) is 0 Å². The summed E-state index contributed by atoms with van der Waals surface area (Å²) in [4.78, 5) is 12.0. The van der Waals surface area contributed by atoms with E-state index in [1.807, 2.05) is 25.2 Å². The van der Waals surface area contributed by atoms with Gasteiger partial charge < -0.3 is 10.7 Å². The summed E-state index contributed by atoms with van der Waals surface area (Å²) >= 11 is 1.67. The lowest BCUT2D eigenvalue weighted by Gasteiger charge is -1.98. The Balaban J connectivity index is 1.67. The number of imidazole rings is 1. The number of nitrogens with one attached hydrogen (secondary N) is 1. The van der Waals surface area contributed by atoms with E-state index in [0.29, 0.717) is 0 Å². The third-order valence-electron chi connectivity index (χ3n) is 2.79. The average Bonchev–Trinajstić information content (AvgIpc) is 2.95. The number of nitrogen functional groups attached to an aromatic ring is 1. The van der Waals surface area contributed by atoms with E-state index in [9.17, 15) is 0 Å². The minimum absolute atomic E-state index is 0.746. The van der Waals surface area contributed by atoms with Gasteiger partial charge in [0.2, 0.25) is 0 Å². The van der Waals surface area contributed by atoms with E-state index in [1.54, 1.807) is 22.8 Å². The number of hydrogen-bond acceptors (Lipinski definition) is 5. The molecule has 0 aliphatic rings. The normalized spacial score (nSPS) is 11.2. The number of thioether (sulfide) groups is 1. The fourth-order valence-electron chi connectivity index (χ4n) is 1.85. The SMILES string of the molecule is Cn1ncnc1SCCc1nc2ccc(N)cc2[nH]1. The summed E-state index contributed by atoms with van der Waals surface area (Å²) in [5.41, 5.74) is 8.43. The maximum atomic E-state index is 5.74. The van der Waals surface area contributed by atoms with Crippen LogP contribution in [0.1, 0.15) is 5.82 Å². The predicted octanol–water partition coefficient (Wildman–Crippen LogP) is 1.61. The number of nitrogens with two attached hydrogens (primary N) is 1. The zero-order valence-corrected chi connectivity index (χ0v) is 11.3. The van der Waals surface area contributed by atoms with Gasteiger partial charge in [0.25, 0.3) is 0 Å². The quantitative estimate of drug-likeness (QED) is 0.557. The molecule has 19 heavy (non-hydrogen) atoms. The lowest BCUT2D eigenvalue weighted by molar-refractivity contribution is 0.685. The van der Waals surface area contributed by atoms with E-state index >= 15 is 0 Å². The standard InChI is InChI=1S/C12H14N6S/c1-18-12(14-7-15-18)19-5-4-11-16-9-3-2-8(13)6-10(9)17-11/h2-3,6-7H,4-5,13H2,1H3,(H,16,17). The van der Waals surface area contributed by atoms with Crippen LogP contribution in [0.4, 0.5) is 5.69 Å². The number of rotatable bonds is 4. The topological polar surface area (TPSA) is 85.4 Å². The van der Waals surface area contributed by atoms with Gasteiger partial charge in [-0.1, -0.05) is 11.8 Å². The molecular weight excluding hydrogens is 260 g/mol. The second-order valence-corrected chi connectivity index (χ2v) is 5.29. The largest absolute Gasteiger partial charge is 0.399 e. The Bertz CT molecular complexity index is 701. The third kappa shape index (κ3) is 2.55. The molecule has 1 aromatic carbocycles.